The predicted octanol–water partition coefficient (Wildman–Crippen LogP) is -0.849. The van der Waals surface area contributed by atoms with Gasteiger partial charge in [0.15, 0.2) is 0 Å². The summed E-state index contributed by atoms with van der Waals surface area (Å²) in [5, 5.41) is 0. The van der Waals surface area contributed by atoms with E-state index in [1.807, 2.05) is 4.90 Å². The first kappa shape index (κ1) is 18.9. The average Bonchev–Trinajstić information content (AvgIpc) is 2.46. The molecule has 0 bridgehead atoms. The normalized spacial score (nSPS) is 18.8. The van der Waals surface area contributed by atoms with Crippen molar-refractivity contribution in [1.82, 2.24) is 9.21 Å². The number of hydrogen-bond acceptors (Lipinski definition) is 6. The van der Waals surface area contributed by atoms with Crippen molar-refractivity contribution in [2.45, 2.75) is 32.7 Å². The standard InChI is InChI=1S/C13H25N3O5S/c1-3-21-12(17)5-4-10-22(19,20)16-8-6-15(7-9-16)11(2)13(14)18/h11H,3-10H2,1-2H3,(H2,14,18)/t11-/m0/s1. The number of nitrogens with zero attached hydrogens (tertiary/aromatic N) is 2. The van der Waals surface area contributed by atoms with Crippen molar-refractivity contribution in [3.8, 4) is 0 Å². The molecular weight excluding hydrogens is 310 g/mol. The molecule has 0 saturated carbocycles. The van der Waals surface area contributed by atoms with Crippen LogP contribution in [0.4, 0.5) is 0 Å². The first-order chi connectivity index (χ1) is 10.3. The van der Waals surface area contributed by atoms with Gasteiger partial charge in [0.2, 0.25) is 15.9 Å². The Balaban J connectivity index is 2.42. The minimum absolute atomic E-state index is 0.0722. The maximum atomic E-state index is 12.2. The molecule has 1 saturated heterocycles. The van der Waals surface area contributed by atoms with Crippen molar-refractivity contribution < 1.29 is 22.7 Å². The van der Waals surface area contributed by atoms with E-state index >= 15 is 0 Å². The van der Waals surface area contributed by atoms with Crippen LogP contribution in [0.2, 0.25) is 0 Å². The third-order valence-electron chi connectivity index (χ3n) is 3.71. The Morgan fingerprint density at radius 2 is 1.82 bits per heavy atom. The molecule has 0 aromatic carbocycles. The Morgan fingerprint density at radius 3 is 2.32 bits per heavy atom. The van der Waals surface area contributed by atoms with Gasteiger partial charge < -0.3 is 10.5 Å². The molecule has 1 rings (SSSR count). The highest BCUT2D eigenvalue weighted by Crippen LogP contribution is 2.12. The summed E-state index contributed by atoms with van der Waals surface area (Å²) in [5.74, 6) is -0.861. The summed E-state index contributed by atoms with van der Waals surface area (Å²) in [7, 11) is -3.38. The van der Waals surface area contributed by atoms with Gasteiger partial charge >= 0.3 is 5.97 Å². The molecule has 2 N–H and O–H groups in total. The molecule has 0 unspecified atom stereocenters. The van der Waals surface area contributed by atoms with Gasteiger partial charge in [-0.15, -0.1) is 0 Å². The van der Waals surface area contributed by atoms with Crippen LogP contribution in [0.1, 0.15) is 26.7 Å². The lowest BCUT2D eigenvalue weighted by Gasteiger charge is -2.36. The molecular formula is C13H25N3O5S. The molecule has 1 aliphatic heterocycles. The summed E-state index contributed by atoms with van der Waals surface area (Å²) in [6, 6.07) is -0.395. The summed E-state index contributed by atoms with van der Waals surface area (Å²) in [5.41, 5.74) is 5.25. The summed E-state index contributed by atoms with van der Waals surface area (Å²) < 4.78 is 30.6. The number of piperazine rings is 1. The second kappa shape index (κ2) is 8.44. The summed E-state index contributed by atoms with van der Waals surface area (Å²) >= 11 is 0. The SMILES string of the molecule is CCOC(=O)CCCS(=O)(=O)N1CCN([C@@H](C)C(N)=O)CC1. The third kappa shape index (κ3) is 5.54. The van der Waals surface area contributed by atoms with Gasteiger partial charge in [-0.25, -0.2) is 8.42 Å². The number of carbonyl (C=O) groups excluding carboxylic acids is 2. The van der Waals surface area contributed by atoms with E-state index < -0.39 is 22.0 Å². The van der Waals surface area contributed by atoms with Gasteiger partial charge in [0.05, 0.1) is 18.4 Å². The first-order valence-corrected chi connectivity index (χ1v) is 9.05. The van der Waals surface area contributed by atoms with Crippen LogP contribution in [0.3, 0.4) is 0 Å². The van der Waals surface area contributed by atoms with Crippen molar-refractivity contribution in [2.24, 2.45) is 5.73 Å². The monoisotopic (exact) mass is 335 g/mol. The van der Waals surface area contributed by atoms with Crippen molar-refractivity contribution >= 4 is 21.9 Å². The Bertz CT molecular complexity index is 486. The minimum atomic E-state index is -3.38. The maximum Gasteiger partial charge on any atom is 0.305 e. The Labute approximate surface area is 131 Å². The van der Waals surface area contributed by atoms with Gasteiger partial charge in [0.1, 0.15) is 0 Å². The van der Waals surface area contributed by atoms with Crippen LogP contribution in [0.5, 0.6) is 0 Å². The molecule has 128 valence electrons. The molecule has 1 fully saturated rings. The Hall–Kier alpha value is -1.19. The predicted molar refractivity (Wildman–Crippen MR) is 81.5 cm³/mol. The molecule has 0 aliphatic carbocycles. The second-order valence-corrected chi connectivity index (χ2v) is 7.33. The molecule has 8 nitrogen and oxygen atoms in total. The second-order valence-electron chi connectivity index (χ2n) is 5.24. The number of amides is 1. The van der Waals surface area contributed by atoms with Gasteiger partial charge in [0.25, 0.3) is 0 Å². The van der Waals surface area contributed by atoms with Crippen molar-refractivity contribution in [2.75, 3.05) is 38.5 Å². The van der Waals surface area contributed by atoms with E-state index in [2.05, 4.69) is 0 Å². The van der Waals surface area contributed by atoms with Crippen LogP contribution >= 0.6 is 0 Å². The summed E-state index contributed by atoms with van der Waals surface area (Å²) in [6.45, 7) is 5.33. The van der Waals surface area contributed by atoms with Crippen molar-refractivity contribution in [1.29, 1.82) is 0 Å². The van der Waals surface area contributed by atoms with Crippen LogP contribution in [-0.2, 0) is 24.3 Å². The zero-order valence-corrected chi connectivity index (χ0v) is 14.0. The lowest BCUT2D eigenvalue weighted by atomic mass is 10.2. The van der Waals surface area contributed by atoms with Gasteiger partial charge in [-0.2, -0.15) is 4.31 Å². The fourth-order valence-electron chi connectivity index (χ4n) is 2.31. The molecule has 1 amide bonds. The fourth-order valence-corrected chi connectivity index (χ4v) is 3.80. The lowest BCUT2D eigenvalue weighted by Crippen LogP contribution is -2.54. The topological polar surface area (TPSA) is 110 Å². The van der Waals surface area contributed by atoms with Crippen LogP contribution in [0.15, 0.2) is 0 Å². The smallest absolute Gasteiger partial charge is 0.305 e. The number of sulfonamides is 1. The largest absolute Gasteiger partial charge is 0.466 e. The molecule has 1 heterocycles. The van der Waals surface area contributed by atoms with E-state index in [9.17, 15) is 18.0 Å². The number of carbonyl (C=O) groups is 2. The number of nitrogens with two attached hydrogens (primary N) is 1. The molecule has 0 spiro atoms. The van der Waals surface area contributed by atoms with E-state index in [0.717, 1.165) is 0 Å². The van der Waals surface area contributed by atoms with Gasteiger partial charge in [0, 0.05) is 32.6 Å². The number of rotatable bonds is 8. The van der Waals surface area contributed by atoms with Crippen LogP contribution in [0.25, 0.3) is 0 Å². The van der Waals surface area contributed by atoms with Gasteiger partial charge in [-0.1, -0.05) is 0 Å². The Kier molecular flexibility index (Phi) is 7.24. The lowest BCUT2D eigenvalue weighted by molar-refractivity contribution is -0.143. The highest BCUT2D eigenvalue weighted by molar-refractivity contribution is 7.89. The molecule has 0 radical (unpaired) electrons. The molecule has 9 heteroatoms. The number of esters is 1. The molecule has 0 aromatic rings. The van der Waals surface area contributed by atoms with E-state index in [-0.39, 0.29) is 24.6 Å². The third-order valence-corrected chi connectivity index (χ3v) is 5.67. The number of hydrogen-bond donors (Lipinski definition) is 1. The van der Waals surface area contributed by atoms with Crippen molar-refractivity contribution in [3.63, 3.8) is 0 Å². The highest BCUT2D eigenvalue weighted by atomic mass is 32.2. The first-order valence-electron chi connectivity index (χ1n) is 7.44. The summed E-state index contributed by atoms with van der Waals surface area (Å²) in [4.78, 5) is 24.2. The molecule has 1 aliphatic rings. The Morgan fingerprint density at radius 1 is 1.23 bits per heavy atom. The minimum Gasteiger partial charge on any atom is -0.466 e. The maximum absolute atomic E-state index is 12.2. The average molecular weight is 335 g/mol. The molecule has 22 heavy (non-hydrogen) atoms. The van der Waals surface area contributed by atoms with E-state index in [4.69, 9.17) is 10.5 Å². The zero-order chi connectivity index (χ0) is 16.8. The fraction of sp³-hybridized carbons (Fsp3) is 0.846. The number of primary amides is 1. The van der Waals surface area contributed by atoms with E-state index in [1.54, 1.807) is 13.8 Å². The van der Waals surface area contributed by atoms with Crippen LogP contribution in [0, 0.1) is 0 Å². The molecule has 1 atom stereocenters. The molecule has 0 aromatic heterocycles. The van der Waals surface area contributed by atoms with Crippen LogP contribution < -0.4 is 5.73 Å². The number of ether oxygens (including phenoxy) is 1. The van der Waals surface area contributed by atoms with E-state index in [1.165, 1.54) is 4.31 Å². The zero-order valence-electron chi connectivity index (χ0n) is 13.2. The highest BCUT2D eigenvalue weighted by Gasteiger charge is 2.29. The van der Waals surface area contributed by atoms with E-state index in [0.29, 0.717) is 32.8 Å². The quantitative estimate of drug-likeness (QED) is 0.579. The van der Waals surface area contributed by atoms with Crippen LogP contribution in [-0.4, -0.2) is 74.1 Å². The van der Waals surface area contributed by atoms with Gasteiger partial charge in [-0.05, 0) is 20.3 Å². The summed E-state index contributed by atoms with van der Waals surface area (Å²) in [6.07, 6.45) is 0.352. The van der Waals surface area contributed by atoms with Crippen molar-refractivity contribution in [3.05, 3.63) is 0 Å². The van der Waals surface area contributed by atoms with Gasteiger partial charge in [-0.3, -0.25) is 14.5 Å².